The largest absolute Gasteiger partial charge is 0.497 e. The van der Waals surface area contributed by atoms with Gasteiger partial charge in [0, 0.05) is 17.5 Å². The van der Waals surface area contributed by atoms with Crippen LogP contribution in [0.1, 0.15) is 18.4 Å². The van der Waals surface area contributed by atoms with Gasteiger partial charge in [-0.1, -0.05) is 11.6 Å². The highest BCUT2D eigenvalue weighted by Crippen LogP contribution is 2.42. The van der Waals surface area contributed by atoms with Crippen LogP contribution in [0, 0.1) is 0 Å². The Morgan fingerprint density at radius 2 is 2.00 bits per heavy atom. The smallest absolute Gasteiger partial charge is 0.234 e. The third kappa shape index (κ3) is 4.50. The van der Waals surface area contributed by atoms with Gasteiger partial charge in [0.05, 0.1) is 32.3 Å². The van der Waals surface area contributed by atoms with Crippen LogP contribution in [-0.4, -0.2) is 57.3 Å². The SMILES string of the molecule is COc1ccc(OC)c(-c2cc(Cl)c3c(c2)C[C@H](CNC(=O)CN2CCCC2)O3)c1. The summed E-state index contributed by atoms with van der Waals surface area (Å²) in [5.41, 5.74) is 2.88. The quantitative estimate of drug-likeness (QED) is 0.728. The number of carbonyl (C=O) groups is 1. The molecule has 2 aromatic rings. The fourth-order valence-electron chi connectivity index (χ4n) is 4.12. The molecular weight excluding hydrogens is 404 g/mol. The summed E-state index contributed by atoms with van der Waals surface area (Å²) < 4.78 is 16.9. The molecule has 1 atom stereocenters. The molecule has 2 heterocycles. The molecule has 0 saturated carbocycles. The molecular formula is C23H27ClN2O4. The van der Waals surface area contributed by atoms with Gasteiger partial charge in [0.25, 0.3) is 0 Å². The van der Waals surface area contributed by atoms with Gasteiger partial charge in [-0.3, -0.25) is 9.69 Å². The maximum absolute atomic E-state index is 12.2. The standard InChI is InChI=1S/C23H27ClN2O4/c1-28-17-5-6-21(29-2)19(12-17)15-9-16-10-18(30-23(16)20(24)11-15)13-25-22(27)14-26-7-3-4-8-26/h5-6,9,11-12,18H,3-4,7-8,10,13-14H2,1-2H3,(H,25,27)/t18-/m1/s1. The van der Waals surface area contributed by atoms with E-state index in [2.05, 4.69) is 16.3 Å². The Morgan fingerprint density at radius 3 is 2.73 bits per heavy atom. The Hall–Kier alpha value is -2.44. The normalized spacial score (nSPS) is 18.0. The zero-order valence-corrected chi connectivity index (χ0v) is 18.1. The van der Waals surface area contributed by atoms with Crippen molar-refractivity contribution in [3.8, 4) is 28.4 Å². The first-order chi connectivity index (χ1) is 14.6. The van der Waals surface area contributed by atoms with Crippen molar-refractivity contribution >= 4 is 17.5 Å². The maximum Gasteiger partial charge on any atom is 0.234 e. The highest BCUT2D eigenvalue weighted by atomic mass is 35.5. The van der Waals surface area contributed by atoms with Gasteiger partial charge < -0.3 is 19.5 Å². The van der Waals surface area contributed by atoms with Gasteiger partial charge in [0.15, 0.2) is 0 Å². The summed E-state index contributed by atoms with van der Waals surface area (Å²) in [7, 11) is 3.28. The number of rotatable bonds is 7. The highest BCUT2D eigenvalue weighted by Gasteiger charge is 2.27. The Bertz CT molecular complexity index is 928. The van der Waals surface area contributed by atoms with Crippen LogP contribution in [0.25, 0.3) is 11.1 Å². The molecule has 0 aliphatic carbocycles. The van der Waals surface area contributed by atoms with Crippen LogP contribution >= 0.6 is 11.6 Å². The van der Waals surface area contributed by atoms with Crippen LogP contribution in [0.3, 0.4) is 0 Å². The van der Waals surface area contributed by atoms with E-state index in [0.717, 1.165) is 41.3 Å². The van der Waals surface area contributed by atoms with E-state index < -0.39 is 0 Å². The first-order valence-corrected chi connectivity index (χ1v) is 10.7. The van der Waals surface area contributed by atoms with Crippen LogP contribution in [0.15, 0.2) is 30.3 Å². The van der Waals surface area contributed by atoms with E-state index in [1.54, 1.807) is 14.2 Å². The van der Waals surface area contributed by atoms with Crippen molar-refractivity contribution in [2.24, 2.45) is 0 Å². The fourth-order valence-corrected chi connectivity index (χ4v) is 4.41. The summed E-state index contributed by atoms with van der Waals surface area (Å²) in [6.45, 7) is 2.94. The van der Waals surface area contributed by atoms with Crippen molar-refractivity contribution in [3.05, 3.63) is 40.9 Å². The number of hydrogen-bond acceptors (Lipinski definition) is 5. The number of nitrogens with zero attached hydrogens (tertiary/aromatic N) is 1. The number of likely N-dealkylation sites (tertiary alicyclic amines) is 1. The Balaban J connectivity index is 1.45. The van der Waals surface area contributed by atoms with Crippen molar-refractivity contribution in [1.82, 2.24) is 10.2 Å². The van der Waals surface area contributed by atoms with Crippen molar-refractivity contribution in [2.75, 3.05) is 40.4 Å². The van der Waals surface area contributed by atoms with Crippen molar-refractivity contribution < 1.29 is 19.0 Å². The summed E-state index contributed by atoms with van der Waals surface area (Å²) >= 11 is 6.54. The van der Waals surface area contributed by atoms with Gasteiger partial charge in [-0.2, -0.15) is 0 Å². The molecule has 2 aliphatic heterocycles. The van der Waals surface area contributed by atoms with Gasteiger partial charge in [0.2, 0.25) is 5.91 Å². The number of hydrogen-bond donors (Lipinski definition) is 1. The van der Waals surface area contributed by atoms with Crippen molar-refractivity contribution in [3.63, 3.8) is 0 Å². The minimum absolute atomic E-state index is 0.0457. The number of ether oxygens (including phenoxy) is 3. The molecule has 2 aromatic carbocycles. The average Bonchev–Trinajstić information content (AvgIpc) is 3.41. The number of methoxy groups -OCH3 is 2. The summed E-state index contributed by atoms with van der Waals surface area (Å²) in [5.74, 6) is 2.24. The van der Waals surface area contributed by atoms with Crippen LogP contribution in [0.2, 0.25) is 5.02 Å². The van der Waals surface area contributed by atoms with E-state index in [9.17, 15) is 4.79 Å². The topological polar surface area (TPSA) is 60.0 Å². The lowest BCUT2D eigenvalue weighted by molar-refractivity contribution is -0.122. The second kappa shape index (κ2) is 9.14. The molecule has 1 fully saturated rings. The molecule has 1 saturated heterocycles. The van der Waals surface area contributed by atoms with E-state index in [1.807, 2.05) is 24.3 Å². The molecule has 4 rings (SSSR count). The van der Waals surface area contributed by atoms with Crippen molar-refractivity contribution in [2.45, 2.75) is 25.4 Å². The Morgan fingerprint density at radius 1 is 1.20 bits per heavy atom. The van der Waals surface area contributed by atoms with Gasteiger partial charge >= 0.3 is 0 Å². The highest BCUT2D eigenvalue weighted by molar-refractivity contribution is 6.32. The predicted octanol–water partition coefficient (Wildman–Crippen LogP) is 3.54. The molecule has 160 valence electrons. The number of carbonyl (C=O) groups excluding carboxylic acids is 1. The minimum Gasteiger partial charge on any atom is -0.497 e. The molecule has 0 unspecified atom stereocenters. The fraction of sp³-hybridized carbons (Fsp3) is 0.435. The third-order valence-corrected chi connectivity index (χ3v) is 5.94. The van der Waals surface area contributed by atoms with Crippen LogP contribution in [0.4, 0.5) is 0 Å². The molecule has 30 heavy (non-hydrogen) atoms. The number of fused-ring (bicyclic) bond motifs is 1. The van der Waals surface area contributed by atoms with Gasteiger partial charge in [-0.15, -0.1) is 0 Å². The first-order valence-electron chi connectivity index (χ1n) is 10.3. The zero-order valence-electron chi connectivity index (χ0n) is 17.4. The lowest BCUT2D eigenvalue weighted by atomic mass is 9.99. The van der Waals surface area contributed by atoms with Gasteiger partial charge in [-0.25, -0.2) is 0 Å². The monoisotopic (exact) mass is 430 g/mol. The van der Waals surface area contributed by atoms with Crippen LogP contribution in [-0.2, 0) is 11.2 Å². The molecule has 0 radical (unpaired) electrons. The summed E-state index contributed by atoms with van der Waals surface area (Å²) in [4.78, 5) is 14.4. The molecule has 7 heteroatoms. The van der Waals surface area contributed by atoms with Gasteiger partial charge in [-0.05, 0) is 61.8 Å². The van der Waals surface area contributed by atoms with E-state index >= 15 is 0 Å². The molecule has 0 bridgehead atoms. The van der Waals surface area contributed by atoms with E-state index in [4.69, 9.17) is 25.8 Å². The molecule has 1 N–H and O–H groups in total. The minimum atomic E-state index is -0.123. The summed E-state index contributed by atoms with van der Waals surface area (Å²) in [5, 5.41) is 3.55. The van der Waals surface area contributed by atoms with Crippen LogP contribution < -0.4 is 19.5 Å². The lowest BCUT2D eigenvalue weighted by Gasteiger charge is -2.16. The van der Waals surface area contributed by atoms with Gasteiger partial charge in [0.1, 0.15) is 23.4 Å². The predicted molar refractivity (Wildman–Crippen MR) is 117 cm³/mol. The van der Waals surface area contributed by atoms with E-state index in [1.165, 1.54) is 12.8 Å². The third-order valence-electron chi connectivity index (χ3n) is 5.66. The maximum atomic E-state index is 12.2. The Kier molecular flexibility index (Phi) is 6.35. The molecule has 2 aliphatic rings. The number of amides is 1. The summed E-state index contributed by atoms with van der Waals surface area (Å²) in [6.07, 6.45) is 2.92. The molecule has 0 aromatic heterocycles. The number of nitrogens with one attached hydrogen (secondary N) is 1. The van der Waals surface area contributed by atoms with E-state index in [0.29, 0.717) is 30.3 Å². The average molecular weight is 431 g/mol. The second-order valence-corrected chi connectivity index (χ2v) is 8.15. The molecule has 6 nitrogen and oxygen atoms in total. The molecule has 0 spiro atoms. The number of halogens is 1. The summed E-state index contributed by atoms with van der Waals surface area (Å²) in [6, 6.07) is 9.63. The lowest BCUT2D eigenvalue weighted by Crippen LogP contribution is -2.40. The molecule has 1 amide bonds. The zero-order chi connectivity index (χ0) is 21.1. The first kappa shape index (κ1) is 20.8. The van der Waals surface area contributed by atoms with E-state index in [-0.39, 0.29) is 12.0 Å². The Labute approximate surface area is 182 Å². The van der Waals surface area contributed by atoms with Crippen molar-refractivity contribution in [1.29, 1.82) is 0 Å². The second-order valence-electron chi connectivity index (χ2n) is 7.74. The number of benzene rings is 2. The van der Waals surface area contributed by atoms with Crippen LogP contribution in [0.5, 0.6) is 17.2 Å².